The van der Waals surface area contributed by atoms with E-state index in [0.717, 1.165) is 11.3 Å². The van der Waals surface area contributed by atoms with Crippen molar-refractivity contribution in [1.29, 1.82) is 5.26 Å². The van der Waals surface area contributed by atoms with E-state index in [0.29, 0.717) is 5.82 Å². The molecule has 2 aromatic rings. The topological polar surface area (TPSA) is 67.6 Å². The summed E-state index contributed by atoms with van der Waals surface area (Å²) in [5.74, 6) is 0.369. The molecule has 1 atom stereocenters. The van der Waals surface area contributed by atoms with E-state index in [4.69, 9.17) is 11.0 Å². The number of benzene rings is 1. The summed E-state index contributed by atoms with van der Waals surface area (Å²) < 4.78 is 1.75. The van der Waals surface area contributed by atoms with Gasteiger partial charge in [-0.3, -0.25) is 4.57 Å². The zero-order valence-electron chi connectivity index (χ0n) is 8.96. The number of nitriles is 1. The first-order valence-corrected chi connectivity index (χ1v) is 5.02. The van der Waals surface area contributed by atoms with E-state index in [1.54, 1.807) is 17.0 Å². The number of para-hydroxylation sites is 1. The summed E-state index contributed by atoms with van der Waals surface area (Å²) in [5, 5.41) is 8.93. The third kappa shape index (κ3) is 1.69. The Morgan fingerprint density at radius 1 is 1.44 bits per heavy atom. The summed E-state index contributed by atoms with van der Waals surface area (Å²) in [5.41, 5.74) is 7.80. The van der Waals surface area contributed by atoms with Crippen LogP contribution in [0.2, 0.25) is 0 Å². The standard InChI is InChI=1S/C12H12N4/c1-9(14)10-4-2-3-5-11(10)16-7-6-15-12(16)8-13/h2-7,9H,14H2,1H3/t9-/m0/s1. The molecule has 4 nitrogen and oxygen atoms in total. The van der Waals surface area contributed by atoms with Crippen LogP contribution in [0.3, 0.4) is 0 Å². The first-order valence-electron chi connectivity index (χ1n) is 5.02. The number of imidazole rings is 1. The first-order chi connectivity index (χ1) is 7.74. The Hall–Kier alpha value is -2.12. The lowest BCUT2D eigenvalue weighted by Crippen LogP contribution is -2.10. The predicted molar refractivity (Wildman–Crippen MR) is 60.9 cm³/mol. The minimum Gasteiger partial charge on any atom is -0.324 e. The lowest BCUT2D eigenvalue weighted by molar-refractivity contribution is 0.802. The Labute approximate surface area is 94.0 Å². The lowest BCUT2D eigenvalue weighted by atomic mass is 10.1. The van der Waals surface area contributed by atoms with Crippen LogP contribution >= 0.6 is 0 Å². The molecular weight excluding hydrogens is 200 g/mol. The highest BCUT2D eigenvalue weighted by Gasteiger charge is 2.10. The lowest BCUT2D eigenvalue weighted by Gasteiger charge is -2.13. The van der Waals surface area contributed by atoms with Gasteiger partial charge in [-0.15, -0.1) is 0 Å². The molecule has 1 aromatic heterocycles. The van der Waals surface area contributed by atoms with Crippen molar-refractivity contribution in [3.05, 3.63) is 48.0 Å². The zero-order valence-corrected chi connectivity index (χ0v) is 8.96. The van der Waals surface area contributed by atoms with Crippen LogP contribution in [-0.2, 0) is 0 Å². The average Bonchev–Trinajstić information content (AvgIpc) is 2.76. The normalized spacial score (nSPS) is 12.1. The van der Waals surface area contributed by atoms with Gasteiger partial charge in [-0.25, -0.2) is 4.98 Å². The molecule has 4 heteroatoms. The molecule has 2 N–H and O–H groups in total. The van der Waals surface area contributed by atoms with E-state index >= 15 is 0 Å². The molecule has 0 aliphatic heterocycles. The third-order valence-electron chi connectivity index (χ3n) is 2.43. The monoisotopic (exact) mass is 212 g/mol. The van der Waals surface area contributed by atoms with Gasteiger partial charge >= 0.3 is 0 Å². The summed E-state index contributed by atoms with van der Waals surface area (Å²) in [4.78, 5) is 3.97. The van der Waals surface area contributed by atoms with Crippen LogP contribution in [0.25, 0.3) is 5.69 Å². The second-order valence-corrected chi connectivity index (χ2v) is 3.58. The highest BCUT2D eigenvalue weighted by molar-refractivity contribution is 5.44. The summed E-state index contributed by atoms with van der Waals surface area (Å²) >= 11 is 0. The van der Waals surface area contributed by atoms with Crippen LogP contribution < -0.4 is 5.73 Å². The van der Waals surface area contributed by atoms with Crippen molar-refractivity contribution in [2.75, 3.05) is 0 Å². The molecule has 16 heavy (non-hydrogen) atoms. The maximum Gasteiger partial charge on any atom is 0.217 e. The minimum atomic E-state index is -0.0786. The van der Waals surface area contributed by atoms with Gasteiger partial charge < -0.3 is 5.73 Å². The molecule has 1 aromatic carbocycles. The van der Waals surface area contributed by atoms with E-state index in [-0.39, 0.29) is 6.04 Å². The molecule has 80 valence electrons. The van der Waals surface area contributed by atoms with E-state index in [1.807, 2.05) is 31.2 Å². The predicted octanol–water partition coefficient (Wildman–Crippen LogP) is 1.76. The van der Waals surface area contributed by atoms with Gasteiger partial charge in [0.05, 0.1) is 5.69 Å². The zero-order chi connectivity index (χ0) is 11.5. The van der Waals surface area contributed by atoms with E-state index in [2.05, 4.69) is 11.1 Å². The van der Waals surface area contributed by atoms with Gasteiger partial charge in [0.15, 0.2) is 0 Å². The van der Waals surface area contributed by atoms with Crippen LogP contribution in [-0.4, -0.2) is 9.55 Å². The molecule has 0 saturated carbocycles. The van der Waals surface area contributed by atoms with E-state index in [9.17, 15) is 0 Å². The highest BCUT2D eigenvalue weighted by Crippen LogP contribution is 2.20. The molecule has 0 fully saturated rings. The molecule has 1 heterocycles. The highest BCUT2D eigenvalue weighted by atomic mass is 15.1. The van der Waals surface area contributed by atoms with Crippen LogP contribution in [0.15, 0.2) is 36.7 Å². The largest absolute Gasteiger partial charge is 0.324 e. The SMILES string of the molecule is C[C@H](N)c1ccccc1-n1ccnc1C#N. The summed E-state index contributed by atoms with van der Waals surface area (Å²) in [6.07, 6.45) is 3.37. The number of nitrogens with two attached hydrogens (primary N) is 1. The van der Waals surface area contributed by atoms with Crippen molar-refractivity contribution in [2.24, 2.45) is 5.73 Å². The summed E-state index contributed by atoms with van der Waals surface area (Å²) in [6.45, 7) is 1.92. The number of rotatable bonds is 2. The molecule has 0 aliphatic carbocycles. The first kappa shape index (κ1) is 10.4. The quantitative estimate of drug-likeness (QED) is 0.824. The molecule has 2 rings (SSSR count). The van der Waals surface area contributed by atoms with Gasteiger partial charge in [0, 0.05) is 18.4 Å². The Balaban J connectivity index is 2.61. The molecule has 0 radical (unpaired) electrons. The van der Waals surface area contributed by atoms with Gasteiger partial charge in [0.1, 0.15) is 6.07 Å². The average molecular weight is 212 g/mol. The van der Waals surface area contributed by atoms with Crippen molar-refractivity contribution >= 4 is 0 Å². The second-order valence-electron chi connectivity index (χ2n) is 3.58. The molecule has 0 amide bonds. The van der Waals surface area contributed by atoms with Gasteiger partial charge in [-0.05, 0) is 18.6 Å². The van der Waals surface area contributed by atoms with Crippen molar-refractivity contribution in [1.82, 2.24) is 9.55 Å². The fraction of sp³-hybridized carbons (Fsp3) is 0.167. The van der Waals surface area contributed by atoms with Crippen molar-refractivity contribution in [3.8, 4) is 11.8 Å². The van der Waals surface area contributed by atoms with Gasteiger partial charge in [0.2, 0.25) is 5.82 Å². The van der Waals surface area contributed by atoms with Gasteiger partial charge in [-0.1, -0.05) is 18.2 Å². The Morgan fingerprint density at radius 3 is 2.88 bits per heavy atom. The fourth-order valence-electron chi connectivity index (χ4n) is 1.67. The smallest absolute Gasteiger partial charge is 0.217 e. The van der Waals surface area contributed by atoms with Crippen LogP contribution in [0.5, 0.6) is 0 Å². The van der Waals surface area contributed by atoms with E-state index < -0.39 is 0 Å². The third-order valence-corrected chi connectivity index (χ3v) is 2.43. The van der Waals surface area contributed by atoms with Crippen molar-refractivity contribution in [3.63, 3.8) is 0 Å². The number of hydrogen-bond donors (Lipinski definition) is 1. The van der Waals surface area contributed by atoms with Crippen LogP contribution in [0, 0.1) is 11.3 Å². The Bertz CT molecular complexity index is 534. The van der Waals surface area contributed by atoms with E-state index in [1.165, 1.54) is 0 Å². The maximum absolute atomic E-state index is 8.93. The van der Waals surface area contributed by atoms with Crippen molar-refractivity contribution < 1.29 is 0 Å². The van der Waals surface area contributed by atoms with Crippen LogP contribution in [0.4, 0.5) is 0 Å². The summed E-state index contributed by atoms with van der Waals surface area (Å²) in [7, 11) is 0. The number of hydrogen-bond acceptors (Lipinski definition) is 3. The Morgan fingerprint density at radius 2 is 2.19 bits per heavy atom. The molecular formula is C12H12N4. The minimum absolute atomic E-state index is 0.0786. The number of aromatic nitrogens is 2. The number of nitrogens with zero attached hydrogens (tertiary/aromatic N) is 3. The second kappa shape index (κ2) is 4.17. The summed E-state index contributed by atoms with van der Waals surface area (Å²) in [6, 6.07) is 9.72. The molecule has 0 spiro atoms. The van der Waals surface area contributed by atoms with Crippen LogP contribution in [0.1, 0.15) is 24.4 Å². The molecule has 0 aliphatic rings. The Kier molecular flexibility index (Phi) is 2.71. The maximum atomic E-state index is 8.93. The van der Waals surface area contributed by atoms with Gasteiger partial charge in [-0.2, -0.15) is 5.26 Å². The molecule has 0 unspecified atom stereocenters. The van der Waals surface area contributed by atoms with Crippen molar-refractivity contribution in [2.45, 2.75) is 13.0 Å². The molecule has 0 bridgehead atoms. The molecule has 0 saturated heterocycles. The van der Waals surface area contributed by atoms with Gasteiger partial charge in [0.25, 0.3) is 0 Å². The fourth-order valence-corrected chi connectivity index (χ4v) is 1.67.